The molecule has 10 heteroatoms. The Balaban J connectivity index is 1.42. The third-order valence-corrected chi connectivity index (χ3v) is 6.25. The molecule has 33 heavy (non-hydrogen) atoms. The minimum absolute atomic E-state index is 0.0488. The minimum atomic E-state index is -1.94. The zero-order valence-corrected chi connectivity index (χ0v) is 18.6. The Kier molecular flexibility index (Phi) is 5.21. The van der Waals surface area contributed by atoms with Gasteiger partial charge in [0.15, 0.2) is 5.82 Å². The molecule has 3 aromatic rings. The van der Waals surface area contributed by atoms with E-state index in [2.05, 4.69) is 16.3 Å². The van der Waals surface area contributed by atoms with Crippen LogP contribution in [0.1, 0.15) is 41.1 Å². The zero-order chi connectivity index (χ0) is 23.2. The Morgan fingerprint density at radius 2 is 1.97 bits per heavy atom. The molecule has 1 saturated heterocycles. The van der Waals surface area contributed by atoms with Gasteiger partial charge >= 0.3 is 0 Å². The second kappa shape index (κ2) is 8.08. The maximum Gasteiger partial charge on any atom is 0.269 e. The lowest BCUT2D eigenvalue weighted by Gasteiger charge is -2.37. The van der Waals surface area contributed by atoms with E-state index >= 15 is 4.39 Å². The second-order valence-corrected chi connectivity index (χ2v) is 8.57. The van der Waals surface area contributed by atoms with E-state index in [1.54, 1.807) is 10.7 Å². The van der Waals surface area contributed by atoms with E-state index in [0.29, 0.717) is 49.9 Å². The number of halogens is 1. The number of hydrogen-bond donors (Lipinski definition) is 0. The number of hydrogen-bond acceptors (Lipinski definition) is 7. The molecular formula is C23H24FN7O2. The van der Waals surface area contributed by atoms with Crippen LogP contribution in [-0.2, 0) is 23.6 Å². The molecule has 5 heterocycles. The van der Waals surface area contributed by atoms with Gasteiger partial charge in [0.25, 0.3) is 5.56 Å². The average molecular weight is 449 g/mol. The topological polar surface area (TPSA) is 102 Å². The fraction of sp³-hybridized carbons (Fsp3) is 0.435. The molecule has 2 aliphatic heterocycles. The lowest BCUT2D eigenvalue weighted by molar-refractivity contribution is 0.0192. The van der Waals surface area contributed by atoms with Crippen molar-refractivity contribution < 1.29 is 9.13 Å². The highest BCUT2D eigenvalue weighted by molar-refractivity contribution is 5.56. The number of ether oxygens (including phenoxy) is 1. The number of aromatic nitrogens is 5. The molecule has 0 unspecified atom stereocenters. The van der Waals surface area contributed by atoms with E-state index in [-0.39, 0.29) is 12.8 Å². The van der Waals surface area contributed by atoms with Gasteiger partial charge in [-0.3, -0.25) is 4.79 Å². The molecule has 1 fully saturated rings. The largest absolute Gasteiger partial charge is 0.376 e. The van der Waals surface area contributed by atoms with Crippen LogP contribution >= 0.6 is 0 Å². The van der Waals surface area contributed by atoms with Crippen LogP contribution < -0.4 is 10.5 Å². The van der Waals surface area contributed by atoms with Crippen molar-refractivity contribution in [3.63, 3.8) is 0 Å². The van der Waals surface area contributed by atoms with E-state index in [1.165, 1.54) is 6.07 Å². The number of aryl methyl sites for hydroxylation is 2. The van der Waals surface area contributed by atoms with Gasteiger partial charge in [0.1, 0.15) is 11.9 Å². The van der Waals surface area contributed by atoms with Crippen LogP contribution in [0, 0.1) is 25.2 Å². The molecular weight excluding hydrogens is 425 g/mol. The summed E-state index contributed by atoms with van der Waals surface area (Å²) in [5.41, 5.74) is 3.46. The van der Waals surface area contributed by atoms with Crippen molar-refractivity contribution in [3.8, 4) is 11.9 Å². The molecule has 0 aromatic carbocycles. The molecule has 0 amide bonds. The normalized spacial score (nSPS) is 17.5. The van der Waals surface area contributed by atoms with E-state index < -0.39 is 11.4 Å². The summed E-state index contributed by atoms with van der Waals surface area (Å²) >= 11 is 0. The van der Waals surface area contributed by atoms with E-state index in [1.807, 2.05) is 30.9 Å². The van der Waals surface area contributed by atoms with Crippen molar-refractivity contribution in [3.05, 3.63) is 62.8 Å². The van der Waals surface area contributed by atoms with Gasteiger partial charge in [-0.2, -0.15) is 15.0 Å². The standard InChI is InChI=1S/C23H24FN7O2/c1-15-11-16(2)30(27-15)20-3-4-21(32)31(28-20)23(24)6-8-29(9-7-23)22-17(13-25)12-18-14-33-10-5-19(18)26-22/h3-4,11-12H,5-10,14H2,1-2H3. The van der Waals surface area contributed by atoms with Crippen LogP contribution in [0.3, 0.4) is 0 Å². The van der Waals surface area contributed by atoms with Crippen molar-refractivity contribution in [2.75, 3.05) is 24.6 Å². The molecule has 0 bridgehead atoms. The third-order valence-electron chi connectivity index (χ3n) is 6.25. The summed E-state index contributed by atoms with van der Waals surface area (Å²) in [6, 6.07) is 8.80. The number of nitriles is 1. The first-order valence-electron chi connectivity index (χ1n) is 11.0. The smallest absolute Gasteiger partial charge is 0.269 e. The third kappa shape index (κ3) is 3.78. The number of nitrogens with zero attached hydrogens (tertiary/aromatic N) is 7. The molecule has 2 aliphatic rings. The Labute approximate surface area is 190 Å². The number of rotatable bonds is 3. The summed E-state index contributed by atoms with van der Waals surface area (Å²) in [6.07, 6.45) is 0.786. The highest BCUT2D eigenvalue weighted by atomic mass is 19.1. The summed E-state index contributed by atoms with van der Waals surface area (Å²) in [5.74, 6) is -0.976. The quantitative estimate of drug-likeness (QED) is 0.605. The number of piperidine rings is 1. The first kappa shape index (κ1) is 21.3. The Bertz CT molecular complexity index is 1320. The number of anilines is 1. The molecule has 3 aromatic heterocycles. The fourth-order valence-electron chi connectivity index (χ4n) is 4.53. The average Bonchev–Trinajstić information content (AvgIpc) is 3.16. The summed E-state index contributed by atoms with van der Waals surface area (Å²) in [4.78, 5) is 19.2. The van der Waals surface area contributed by atoms with Gasteiger partial charge in [0.05, 0.1) is 30.2 Å². The van der Waals surface area contributed by atoms with Gasteiger partial charge < -0.3 is 9.64 Å². The number of fused-ring (bicyclic) bond motifs is 1. The van der Waals surface area contributed by atoms with Crippen LogP contribution in [-0.4, -0.2) is 44.2 Å². The van der Waals surface area contributed by atoms with Gasteiger partial charge in [0, 0.05) is 49.7 Å². The van der Waals surface area contributed by atoms with E-state index in [9.17, 15) is 10.1 Å². The van der Waals surface area contributed by atoms with Crippen molar-refractivity contribution >= 4 is 5.82 Å². The molecule has 0 aliphatic carbocycles. The summed E-state index contributed by atoms with van der Waals surface area (Å²) in [7, 11) is 0. The lowest BCUT2D eigenvalue weighted by Crippen LogP contribution is -2.48. The molecule has 0 saturated carbocycles. The fourth-order valence-corrected chi connectivity index (χ4v) is 4.53. The lowest BCUT2D eigenvalue weighted by atomic mass is 10.0. The van der Waals surface area contributed by atoms with Gasteiger partial charge in [-0.1, -0.05) is 0 Å². The van der Waals surface area contributed by atoms with Crippen molar-refractivity contribution in [1.82, 2.24) is 24.5 Å². The first-order valence-corrected chi connectivity index (χ1v) is 11.0. The molecule has 170 valence electrons. The maximum atomic E-state index is 16.1. The minimum Gasteiger partial charge on any atom is -0.376 e. The molecule has 5 rings (SSSR count). The van der Waals surface area contributed by atoms with Crippen LogP contribution in [0.25, 0.3) is 5.82 Å². The van der Waals surface area contributed by atoms with Crippen molar-refractivity contribution in [1.29, 1.82) is 5.26 Å². The maximum absolute atomic E-state index is 16.1. The highest BCUT2D eigenvalue weighted by Gasteiger charge is 2.39. The van der Waals surface area contributed by atoms with Gasteiger partial charge in [-0.25, -0.2) is 14.1 Å². The predicted molar refractivity (Wildman–Crippen MR) is 118 cm³/mol. The molecule has 0 radical (unpaired) electrons. The molecule has 0 spiro atoms. The van der Waals surface area contributed by atoms with Gasteiger partial charge in [-0.15, -0.1) is 5.10 Å². The summed E-state index contributed by atoms with van der Waals surface area (Å²) < 4.78 is 24.1. The Morgan fingerprint density at radius 1 is 1.18 bits per heavy atom. The van der Waals surface area contributed by atoms with Crippen LogP contribution in [0.2, 0.25) is 0 Å². The SMILES string of the molecule is Cc1cc(C)n(-c2ccc(=O)n(C3(F)CCN(c4nc5c(cc4C#N)COCC5)CC3)n2)n1. The van der Waals surface area contributed by atoms with Gasteiger partial charge in [-0.05, 0) is 32.0 Å². The first-order chi connectivity index (χ1) is 15.9. The zero-order valence-electron chi connectivity index (χ0n) is 18.6. The predicted octanol–water partition coefficient (Wildman–Crippen LogP) is 2.31. The molecule has 0 atom stereocenters. The summed E-state index contributed by atoms with van der Waals surface area (Å²) in [5, 5.41) is 18.4. The Morgan fingerprint density at radius 3 is 2.67 bits per heavy atom. The Hall–Kier alpha value is -3.58. The van der Waals surface area contributed by atoms with Crippen LogP contribution in [0.5, 0.6) is 0 Å². The van der Waals surface area contributed by atoms with Crippen molar-refractivity contribution in [2.24, 2.45) is 0 Å². The van der Waals surface area contributed by atoms with Gasteiger partial charge in [0.2, 0.25) is 5.79 Å². The number of pyridine rings is 1. The monoisotopic (exact) mass is 449 g/mol. The van der Waals surface area contributed by atoms with Crippen molar-refractivity contribution in [2.45, 2.75) is 45.5 Å². The van der Waals surface area contributed by atoms with E-state index in [4.69, 9.17) is 9.72 Å². The highest BCUT2D eigenvalue weighted by Crippen LogP contribution is 2.34. The van der Waals surface area contributed by atoms with Crippen LogP contribution in [0.15, 0.2) is 29.1 Å². The molecule has 9 nitrogen and oxygen atoms in total. The summed E-state index contributed by atoms with van der Waals surface area (Å²) in [6.45, 7) is 5.41. The molecule has 0 N–H and O–H groups in total. The van der Waals surface area contributed by atoms with E-state index in [0.717, 1.165) is 27.3 Å². The second-order valence-electron chi connectivity index (χ2n) is 8.57. The number of alkyl halides is 1. The van der Waals surface area contributed by atoms with Crippen LogP contribution in [0.4, 0.5) is 10.2 Å².